The fourth-order valence-electron chi connectivity index (χ4n) is 1.81. The minimum Gasteiger partial charge on any atom is -0.352 e. The molecule has 2 rings (SSSR count). The van der Waals surface area contributed by atoms with E-state index in [4.69, 9.17) is 24.4 Å². The number of hydrogen-bond donors (Lipinski definition) is 0. The number of rotatable bonds is 0. The summed E-state index contributed by atoms with van der Waals surface area (Å²) < 4.78 is 0. The predicted molar refractivity (Wildman–Crippen MR) is 80.3 cm³/mol. The summed E-state index contributed by atoms with van der Waals surface area (Å²) in [6, 6.07) is 0. The molecule has 0 saturated carbocycles. The molecule has 0 bridgehead atoms. The first-order chi connectivity index (χ1) is 7.93. The van der Waals surface area contributed by atoms with Crippen LogP contribution in [-0.4, -0.2) is 84.2 Å². The van der Waals surface area contributed by atoms with Crippen molar-refractivity contribution in [2.75, 3.05) is 54.4 Å². The van der Waals surface area contributed by atoms with Crippen LogP contribution < -0.4 is 0 Å². The van der Waals surface area contributed by atoms with Gasteiger partial charge >= 0.3 is 0 Å². The molecule has 0 amide bonds. The van der Waals surface area contributed by atoms with Crippen molar-refractivity contribution >= 4 is 34.7 Å². The van der Waals surface area contributed by atoms with Crippen molar-refractivity contribution in [3.8, 4) is 0 Å². The highest BCUT2D eigenvalue weighted by molar-refractivity contribution is 7.80. The summed E-state index contributed by atoms with van der Waals surface area (Å²) in [6.07, 6.45) is 1.23. The molecular formula is C11H22N4S2. The number of likely N-dealkylation sites (N-methyl/N-ethyl adjacent to an activating group) is 2. The summed E-state index contributed by atoms with van der Waals surface area (Å²) in [7, 11) is 8.12. The molecule has 0 N–H and O–H groups in total. The number of thiocarbonyl (C=S) groups is 2. The van der Waals surface area contributed by atoms with Gasteiger partial charge in [-0.3, -0.25) is 0 Å². The van der Waals surface area contributed by atoms with Gasteiger partial charge in [0.25, 0.3) is 0 Å². The van der Waals surface area contributed by atoms with Crippen LogP contribution in [0.3, 0.4) is 0 Å². The third-order valence-electron chi connectivity index (χ3n) is 3.06. The van der Waals surface area contributed by atoms with Gasteiger partial charge in [0.05, 0.1) is 0 Å². The van der Waals surface area contributed by atoms with Crippen molar-refractivity contribution in [1.82, 2.24) is 19.6 Å². The normalized spacial score (nSPS) is 20.7. The second-order valence-corrected chi connectivity index (χ2v) is 5.34. The van der Waals surface area contributed by atoms with E-state index in [0.29, 0.717) is 0 Å². The minimum absolute atomic E-state index is 0.963. The molecule has 0 spiro atoms. The quantitative estimate of drug-likeness (QED) is 0.599. The van der Waals surface area contributed by atoms with Crippen molar-refractivity contribution in [2.45, 2.75) is 6.42 Å². The fourth-order valence-corrected chi connectivity index (χ4v) is 2.18. The molecule has 0 atom stereocenters. The average Bonchev–Trinajstić information content (AvgIpc) is 2.58. The zero-order chi connectivity index (χ0) is 13.0. The standard InChI is InChI=1S/C6H12N2S.C5H10N2S/c1-7-4-3-5-8(2)6(7)9;1-6-3-4-7(2)5(6)8/h3-5H2,1-2H3;3-4H2,1-2H3. The summed E-state index contributed by atoms with van der Waals surface area (Å²) in [5, 5.41) is 1.94. The van der Waals surface area contributed by atoms with Crippen molar-refractivity contribution in [1.29, 1.82) is 0 Å². The lowest BCUT2D eigenvalue weighted by Crippen LogP contribution is -2.44. The largest absolute Gasteiger partial charge is 0.352 e. The van der Waals surface area contributed by atoms with Crippen molar-refractivity contribution in [3.63, 3.8) is 0 Å². The molecule has 2 saturated heterocycles. The first kappa shape index (κ1) is 14.4. The van der Waals surface area contributed by atoms with E-state index in [-0.39, 0.29) is 0 Å². The average molecular weight is 274 g/mol. The summed E-state index contributed by atoms with van der Waals surface area (Å²) in [6.45, 7) is 4.39. The molecule has 0 unspecified atom stereocenters. The molecule has 4 nitrogen and oxygen atoms in total. The first-order valence-electron chi connectivity index (χ1n) is 5.86. The number of hydrogen-bond acceptors (Lipinski definition) is 2. The third-order valence-corrected chi connectivity index (χ3v) is 4.31. The SMILES string of the molecule is CN1CCCN(C)C1=S.CN1CCN(C)C1=S. The summed E-state index contributed by atoms with van der Waals surface area (Å²) in [5.41, 5.74) is 0. The zero-order valence-corrected chi connectivity index (χ0v) is 12.8. The monoisotopic (exact) mass is 274 g/mol. The zero-order valence-electron chi connectivity index (χ0n) is 11.1. The maximum atomic E-state index is 5.10. The molecule has 0 aliphatic carbocycles. The van der Waals surface area contributed by atoms with Gasteiger partial charge in [0, 0.05) is 54.4 Å². The van der Waals surface area contributed by atoms with E-state index < -0.39 is 0 Å². The maximum absolute atomic E-state index is 5.10. The first-order valence-corrected chi connectivity index (χ1v) is 6.67. The second-order valence-electron chi connectivity index (χ2n) is 4.60. The van der Waals surface area contributed by atoms with Crippen LogP contribution in [0.2, 0.25) is 0 Å². The molecule has 98 valence electrons. The van der Waals surface area contributed by atoms with Crippen LogP contribution in [0.15, 0.2) is 0 Å². The Hall–Kier alpha value is -0.620. The van der Waals surface area contributed by atoms with Gasteiger partial charge in [-0.05, 0) is 30.9 Å². The Labute approximate surface area is 115 Å². The Balaban J connectivity index is 0.000000171. The molecule has 0 aromatic carbocycles. The Morgan fingerprint density at radius 1 is 0.647 bits per heavy atom. The van der Waals surface area contributed by atoms with Gasteiger partial charge in [-0.25, -0.2) is 0 Å². The molecule has 2 fully saturated rings. The molecule has 6 heteroatoms. The highest BCUT2D eigenvalue weighted by Gasteiger charge is 2.16. The highest BCUT2D eigenvalue weighted by atomic mass is 32.1. The minimum atomic E-state index is 0.963. The van der Waals surface area contributed by atoms with Crippen LogP contribution in [0.25, 0.3) is 0 Å². The van der Waals surface area contributed by atoms with E-state index in [1.165, 1.54) is 6.42 Å². The van der Waals surface area contributed by atoms with E-state index in [9.17, 15) is 0 Å². The summed E-state index contributed by atoms with van der Waals surface area (Å²) >= 11 is 10.1. The second kappa shape index (κ2) is 6.35. The number of nitrogens with zero attached hydrogens (tertiary/aromatic N) is 4. The Bertz CT molecular complexity index is 271. The van der Waals surface area contributed by atoms with Gasteiger partial charge in [-0.2, -0.15) is 0 Å². The van der Waals surface area contributed by atoms with Gasteiger partial charge in [0.1, 0.15) is 0 Å². The lowest BCUT2D eigenvalue weighted by atomic mass is 10.3. The van der Waals surface area contributed by atoms with Crippen LogP contribution in [0.5, 0.6) is 0 Å². The third kappa shape index (κ3) is 3.96. The van der Waals surface area contributed by atoms with Gasteiger partial charge in [0.2, 0.25) is 0 Å². The molecule has 2 heterocycles. The lowest BCUT2D eigenvalue weighted by molar-refractivity contribution is 0.329. The van der Waals surface area contributed by atoms with Crippen molar-refractivity contribution < 1.29 is 0 Å². The van der Waals surface area contributed by atoms with Crippen LogP contribution in [0, 0.1) is 0 Å². The lowest BCUT2D eigenvalue weighted by Gasteiger charge is -2.33. The maximum Gasteiger partial charge on any atom is 0.171 e. The van der Waals surface area contributed by atoms with Crippen LogP contribution in [0.1, 0.15) is 6.42 Å². The molecule has 2 aliphatic rings. The van der Waals surface area contributed by atoms with Gasteiger partial charge < -0.3 is 19.6 Å². The van der Waals surface area contributed by atoms with E-state index in [1.807, 2.05) is 28.2 Å². The van der Waals surface area contributed by atoms with Gasteiger partial charge in [0.15, 0.2) is 10.2 Å². The smallest absolute Gasteiger partial charge is 0.171 e. The molecule has 0 aromatic rings. The van der Waals surface area contributed by atoms with E-state index in [1.54, 1.807) is 0 Å². The van der Waals surface area contributed by atoms with Crippen LogP contribution in [-0.2, 0) is 0 Å². The Morgan fingerprint density at radius 2 is 0.941 bits per heavy atom. The molecule has 2 aliphatic heterocycles. The van der Waals surface area contributed by atoms with Gasteiger partial charge in [-0.1, -0.05) is 0 Å². The highest BCUT2D eigenvalue weighted by Crippen LogP contribution is 2.03. The van der Waals surface area contributed by atoms with E-state index >= 15 is 0 Å². The predicted octanol–water partition coefficient (Wildman–Crippen LogP) is 0.687. The van der Waals surface area contributed by atoms with Crippen molar-refractivity contribution in [3.05, 3.63) is 0 Å². The molecule has 0 radical (unpaired) electrons. The Kier molecular flexibility index (Phi) is 5.39. The van der Waals surface area contributed by atoms with Gasteiger partial charge in [-0.15, -0.1) is 0 Å². The molecule has 17 heavy (non-hydrogen) atoms. The topological polar surface area (TPSA) is 13.0 Å². The van der Waals surface area contributed by atoms with E-state index in [2.05, 4.69) is 19.6 Å². The van der Waals surface area contributed by atoms with Crippen LogP contribution in [0.4, 0.5) is 0 Å². The molecular weight excluding hydrogens is 252 g/mol. The fraction of sp³-hybridized carbons (Fsp3) is 0.818. The molecule has 0 aromatic heterocycles. The van der Waals surface area contributed by atoms with E-state index in [0.717, 1.165) is 36.4 Å². The summed E-state index contributed by atoms with van der Waals surface area (Å²) in [4.78, 5) is 8.38. The summed E-state index contributed by atoms with van der Waals surface area (Å²) in [5.74, 6) is 0. The van der Waals surface area contributed by atoms with Crippen LogP contribution >= 0.6 is 24.4 Å². The Morgan fingerprint density at radius 3 is 1.18 bits per heavy atom. The van der Waals surface area contributed by atoms with Crippen molar-refractivity contribution in [2.24, 2.45) is 0 Å².